The molecule has 0 heterocycles. The second-order valence-corrected chi connectivity index (χ2v) is 4.94. The Morgan fingerprint density at radius 1 is 1.56 bits per heavy atom. The monoisotopic (exact) mass is 284 g/mol. The molecule has 0 fully saturated rings. The molecular formula is C12H17BrN2O. The first kappa shape index (κ1) is 13.2. The van der Waals surface area contributed by atoms with E-state index in [1.54, 1.807) is 0 Å². The fourth-order valence-corrected chi connectivity index (χ4v) is 1.89. The van der Waals surface area contributed by atoms with Crippen LogP contribution in [0.15, 0.2) is 22.7 Å². The van der Waals surface area contributed by atoms with Gasteiger partial charge in [-0.25, -0.2) is 0 Å². The Balaban J connectivity index is 2.51. The lowest BCUT2D eigenvalue weighted by Gasteiger charge is -2.09. The number of aryl methyl sites for hydroxylation is 1. The molecule has 1 aromatic carbocycles. The molecule has 0 spiro atoms. The van der Waals surface area contributed by atoms with Gasteiger partial charge in [0.2, 0.25) is 5.91 Å². The summed E-state index contributed by atoms with van der Waals surface area (Å²) in [6.45, 7) is 4.41. The van der Waals surface area contributed by atoms with Gasteiger partial charge in [-0.3, -0.25) is 4.79 Å². The Morgan fingerprint density at radius 2 is 2.25 bits per heavy atom. The Hall–Kier alpha value is -0.870. The average Bonchev–Trinajstić information content (AvgIpc) is 2.15. The van der Waals surface area contributed by atoms with E-state index in [1.807, 2.05) is 32.0 Å². The van der Waals surface area contributed by atoms with E-state index in [1.165, 1.54) is 0 Å². The molecular weight excluding hydrogens is 268 g/mol. The molecule has 0 aliphatic rings. The summed E-state index contributed by atoms with van der Waals surface area (Å²) in [5, 5.41) is 2.86. The van der Waals surface area contributed by atoms with Crippen LogP contribution < -0.4 is 11.1 Å². The second kappa shape index (κ2) is 6.01. The summed E-state index contributed by atoms with van der Waals surface area (Å²) in [7, 11) is 0. The van der Waals surface area contributed by atoms with Crippen LogP contribution in [-0.2, 0) is 11.3 Å². The molecule has 16 heavy (non-hydrogen) atoms. The Labute approximate surface area is 105 Å². The molecule has 0 saturated carbocycles. The molecule has 88 valence electrons. The highest BCUT2D eigenvalue weighted by Gasteiger charge is 2.05. The van der Waals surface area contributed by atoms with E-state index >= 15 is 0 Å². The number of benzene rings is 1. The predicted molar refractivity (Wildman–Crippen MR) is 69.0 cm³/mol. The average molecular weight is 285 g/mol. The number of halogens is 1. The van der Waals surface area contributed by atoms with Gasteiger partial charge in [-0.15, -0.1) is 0 Å². The molecule has 1 aromatic rings. The van der Waals surface area contributed by atoms with Crippen molar-refractivity contribution in [2.24, 2.45) is 5.73 Å². The summed E-state index contributed by atoms with van der Waals surface area (Å²) >= 11 is 3.41. The van der Waals surface area contributed by atoms with Gasteiger partial charge in [0.1, 0.15) is 0 Å². The van der Waals surface area contributed by atoms with Crippen LogP contribution in [0.3, 0.4) is 0 Å². The first-order valence-corrected chi connectivity index (χ1v) is 6.05. The highest BCUT2D eigenvalue weighted by Crippen LogP contribution is 2.15. The zero-order chi connectivity index (χ0) is 12.1. The van der Waals surface area contributed by atoms with Crippen LogP contribution in [0.25, 0.3) is 0 Å². The second-order valence-electron chi connectivity index (χ2n) is 4.03. The van der Waals surface area contributed by atoms with Crippen molar-refractivity contribution in [1.29, 1.82) is 0 Å². The number of carbonyl (C=O) groups is 1. The summed E-state index contributed by atoms with van der Waals surface area (Å²) in [4.78, 5) is 11.4. The number of rotatable bonds is 4. The summed E-state index contributed by atoms with van der Waals surface area (Å²) in [5.74, 6) is -0.00248. The molecule has 1 rings (SSSR count). The lowest BCUT2D eigenvalue weighted by atomic mass is 10.1. The third-order valence-corrected chi connectivity index (χ3v) is 2.78. The van der Waals surface area contributed by atoms with Crippen LogP contribution in [0.4, 0.5) is 0 Å². The molecule has 1 unspecified atom stereocenters. The Bertz CT molecular complexity index is 377. The van der Waals surface area contributed by atoms with E-state index in [-0.39, 0.29) is 11.9 Å². The van der Waals surface area contributed by atoms with Crippen molar-refractivity contribution in [3.05, 3.63) is 33.8 Å². The quantitative estimate of drug-likeness (QED) is 0.890. The van der Waals surface area contributed by atoms with E-state index < -0.39 is 0 Å². The van der Waals surface area contributed by atoms with Crippen molar-refractivity contribution >= 4 is 21.8 Å². The van der Waals surface area contributed by atoms with Gasteiger partial charge >= 0.3 is 0 Å². The third-order valence-electron chi connectivity index (χ3n) is 2.29. The van der Waals surface area contributed by atoms with E-state index in [9.17, 15) is 4.79 Å². The van der Waals surface area contributed by atoms with Crippen molar-refractivity contribution in [2.75, 3.05) is 0 Å². The number of hydrogen-bond donors (Lipinski definition) is 2. The van der Waals surface area contributed by atoms with Crippen LogP contribution in [0.5, 0.6) is 0 Å². The highest BCUT2D eigenvalue weighted by molar-refractivity contribution is 9.10. The third kappa shape index (κ3) is 4.33. The summed E-state index contributed by atoms with van der Waals surface area (Å²) in [5.41, 5.74) is 7.83. The smallest absolute Gasteiger partial charge is 0.221 e. The van der Waals surface area contributed by atoms with Gasteiger partial charge in [-0.05, 0) is 37.1 Å². The van der Waals surface area contributed by atoms with Gasteiger partial charge in [0.15, 0.2) is 0 Å². The zero-order valence-electron chi connectivity index (χ0n) is 9.59. The largest absolute Gasteiger partial charge is 0.352 e. The minimum Gasteiger partial charge on any atom is -0.352 e. The minimum atomic E-state index is -0.0917. The number of nitrogens with one attached hydrogen (secondary N) is 1. The van der Waals surface area contributed by atoms with Gasteiger partial charge in [0.05, 0.1) is 0 Å². The number of carbonyl (C=O) groups excluding carboxylic acids is 1. The van der Waals surface area contributed by atoms with Crippen LogP contribution >= 0.6 is 15.9 Å². The highest BCUT2D eigenvalue weighted by atomic mass is 79.9. The fourth-order valence-electron chi connectivity index (χ4n) is 1.42. The van der Waals surface area contributed by atoms with Gasteiger partial charge in [0.25, 0.3) is 0 Å². The molecule has 0 aromatic heterocycles. The van der Waals surface area contributed by atoms with Gasteiger partial charge in [0, 0.05) is 23.5 Å². The SMILES string of the molecule is Cc1cc(Br)ccc1CNC(=O)CC(C)N. The summed E-state index contributed by atoms with van der Waals surface area (Å²) in [6, 6.07) is 5.92. The first-order valence-electron chi connectivity index (χ1n) is 5.26. The van der Waals surface area contributed by atoms with E-state index in [0.717, 1.165) is 15.6 Å². The van der Waals surface area contributed by atoms with E-state index in [0.29, 0.717) is 13.0 Å². The molecule has 1 atom stereocenters. The number of nitrogens with two attached hydrogens (primary N) is 1. The lowest BCUT2D eigenvalue weighted by Crippen LogP contribution is -2.29. The van der Waals surface area contributed by atoms with Gasteiger partial charge in [-0.1, -0.05) is 22.0 Å². The van der Waals surface area contributed by atoms with Gasteiger partial charge in [-0.2, -0.15) is 0 Å². The molecule has 0 bridgehead atoms. The van der Waals surface area contributed by atoms with Crippen LogP contribution in [0.1, 0.15) is 24.5 Å². The molecule has 1 amide bonds. The van der Waals surface area contributed by atoms with E-state index in [2.05, 4.69) is 21.2 Å². The maximum absolute atomic E-state index is 11.4. The van der Waals surface area contributed by atoms with Crippen molar-refractivity contribution in [2.45, 2.75) is 32.9 Å². The molecule has 3 N–H and O–H groups in total. The van der Waals surface area contributed by atoms with Gasteiger partial charge < -0.3 is 11.1 Å². The molecule has 4 heteroatoms. The molecule has 3 nitrogen and oxygen atoms in total. The van der Waals surface area contributed by atoms with Crippen molar-refractivity contribution in [3.63, 3.8) is 0 Å². The fraction of sp³-hybridized carbons (Fsp3) is 0.417. The topological polar surface area (TPSA) is 55.1 Å². The normalized spacial score (nSPS) is 12.2. The first-order chi connectivity index (χ1) is 7.49. The van der Waals surface area contributed by atoms with Crippen LogP contribution in [0.2, 0.25) is 0 Å². The van der Waals surface area contributed by atoms with Crippen molar-refractivity contribution in [3.8, 4) is 0 Å². The lowest BCUT2D eigenvalue weighted by molar-refractivity contribution is -0.121. The molecule has 0 radical (unpaired) electrons. The summed E-state index contributed by atoms with van der Waals surface area (Å²) in [6.07, 6.45) is 0.371. The van der Waals surface area contributed by atoms with Crippen LogP contribution in [0, 0.1) is 6.92 Å². The molecule has 0 saturated heterocycles. The molecule has 0 aliphatic carbocycles. The minimum absolute atomic E-state index is 0.00248. The van der Waals surface area contributed by atoms with Crippen molar-refractivity contribution in [1.82, 2.24) is 5.32 Å². The predicted octanol–water partition coefficient (Wildman–Crippen LogP) is 2.11. The maximum atomic E-state index is 11.4. The zero-order valence-corrected chi connectivity index (χ0v) is 11.2. The number of hydrogen-bond acceptors (Lipinski definition) is 2. The Morgan fingerprint density at radius 3 is 2.81 bits per heavy atom. The van der Waals surface area contributed by atoms with E-state index in [4.69, 9.17) is 5.73 Å². The van der Waals surface area contributed by atoms with Crippen LogP contribution in [-0.4, -0.2) is 11.9 Å². The molecule has 0 aliphatic heterocycles. The Kier molecular flexibility index (Phi) is 4.96. The summed E-state index contributed by atoms with van der Waals surface area (Å²) < 4.78 is 1.05. The number of amides is 1. The van der Waals surface area contributed by atoms with Crippen molar-refractivity contribution < 1.29 is 4.79 Å². The standard InChI is InChI=1S/C12H17BrN2O/c1-8-5-11(13)4-3-10(8)7-15-12(16)6-9(2)14/h3-5,9H,6-7,14H2,1-2H3,(H,15,16). The maximum Gasteiger partial charge on any atom is 0.221 e.